The number of hydrogen-bond acceptors (Lipinski definition) is 5. The van der Waals surface area contributed by atoms with Crippen molar-refractivity contribution in [3.05, 3.63) is 85.1 Å². The topological polar surface area (TPSA) is 105 Å². The number of rotatable bonds is 41. The summed E-state index contributed by atoms with van der Waals surface area (Å²) in [6.45, 7) is 4.71. The lowest BCUT2D eigenvalue weighted by Crippen LogP contribution is -2.46. The van der Waals surface area contributed by atoms with Crippen molar-refractivity contribution in [1.82, 2.24) is 5.32 Å². The fourth-order valence-corrected chi connectivity index (χ4v) is 6.95. The van der Waals surface area contributed by atoms with Crippen LogP contribution < -0.4 is 5.32 Å². The lowest BCUT2D eigenvalue weighted by Gasteiger charge is -2.26. The Kier molecular flexibility index (Phi) is 39.4. The first-order valence-electron chi connectivity index (χ1n) is 23.5. The number of phosphoric ester groups is 1. The minimum absolute atomic E-state index is 0.0590. The number of quaternary nitrogens is 1. The van der Waals surface area contributed by atoms with Gasteiger partial charge in [-0.3, -0.25) is 13.8 Å². The maximum absolute atomic E-state index is 12.9. The van der Waals surface area contributed by atoms with Gasteiger partial charge in [-0.25, -0.2) is 4.57 Å². The molecule has 0 aromatic carbocycles. The number of hydrogen-bond donors (Lipinski definition) is 3. The van der Waals surface area contributed by atoms with Crippen LogP contribution in [0.2, 0.25) is 0 Å². The number of allylic oxidation sites excluding steroid dienone is 14. The summed E-state index contributed by atoms with van der Waals surface area (Å²) in [5.41, 5.74) is 0. The van der Waals surface area contributed by atoms with Crippen LogP contribution >= 0.6 is 7.82 Å². The van der Waals surface area contributed by atoms with E-state index >= 15 is 0 Å². The number of nitrogens with zero attached hydrogens (tertiary/aromatic N) is 1. The molecular formula is C50H90N2O6P+. The van der Waals surface area contributed by atoms with E-state index in [9.17, 15) is 19.4 Å². The van der Waals surface area contributed by atoms with Crippen LogP contribution in [-0.4, -0.2) is 73.4 Å². The van der Waals surface area contributed by atoms with E-state index in [0.717, 1.165) is 70.6 Å². The molecule has 0 bridgehead atoms. The van der Waals surface area contributed by atoms with Gasteiger partial charge in [-0.05, 0) is 64.2 Å². The SMILES string of the molecule is CC/C=C\C/C=C\C/C=C\C/C=C\C/C=C\C/C=C\C/C=C\CCCC(=O)NC(COP(=O)(O)OCC[N+](C)(C)C)C(O)CCCCCCCCCCCCCCCC. The van der Waals surface area contributed by atoms with Gasteiger partial charge in [0.05, 0.1) is 39.9 Å². The van der Waals surface area contributed by atoms with E-state index in [-0.39, 0.29) is 19.1 Å². The molecule has 3 unspecified atom stereocenters. The summed E-state index contributed by atoms with van der Waals surface area (Å²) in [7, 11) is 1.56. The number of unbranched alkanes of at least 4 members (excludes halogenated alkanes) is 14. The zero-order chi connectivity index (χ0) is 43.6. The molecule has 0 saturated heterocycles. The first-order valence-corrected chi connectivity index (χ1v) is 24.9. The lowest BCUT2D eigenvalue weighted by atomic mass is 10.0. The molecule has 0 spiro atoms. The molecule has 0 rings (SSSR count). The van der Waals surface area contributed by atoms with Crippen molar-refractivity contribution < 1.29 is 32.9 Å². The normalized spacial score (nSPS) is 15.0. The zero-order valence-corrected chi connectivity index (χ0v) is 39.4. The van der Waals surface area contributed by atoms with Gasteiger partial charge in [-0.15, -0.1) is 0 Å². The summed E-state index contributed by atoms with van der Waals surface area (Å²) < 4.78 is 23.6. The molecule has 0 aliphatic rings. The third-order valence-corrected chi connectivity index (χ3v) is 10.9. The smallest absolute Gasteiger partial charge is 0.391 e. The second-order valence-corrected chi connectivity index (χ2v) is 18.2. The largest absolute Gasteiger partial charge is 0.472 e. The Morgan fingerprint density at radius 3 is 1.42 bits per heavy atom. The lowest BCUT2D eigenvalue weighted by molar-refractivity contribution is -0.870. The Balaban J connectivity index is 4.46. The molecule has 0 aromatic rings. The van der Waals surface area contributed by atoms with E-state index in [1.54, 1.807) is 0 Å². The summed E-state index contributed by atoms with van der Waals surface area (Å²) in [5.74, 6) is -0.206. The molecule has 0 aliphatic heterocycles. The Labute approximate surface area is 363 Å². The number of aliphatic hydroxyl groups is 1. The molecule has 8 nitrogen and oxygen atoms in total. The molecule has 0 fully saturated rings. The molecule has 1 amide bonds. The maximum atomic E-state index is 12.9. The summed E-state index contributed by atoms with van der Waals surface area (Å²) in [4.78, 5) is 23.2. The highest BCUT2D eigenvalue weighted by atomic mass is 31.2. The average Bonchev–Trinajstić information content (AvgIpc) is 3.19. The van der Waals surface area contributed by atoms with Crippen LogP contribution in [0.3, 0.4) is 0 Å². The standard InChI is InChI=1S/C50H89N2O6P/c1-6-8-10-12-14-16-18-20-22-23-24-25-26-27-28-29-30-32-34-36-38-40-42-44-50(54)51-48(47-58-59(55,56)57-46-45-52(3,4)5)49(53)43-41-39-37-35-33-31-21-19-17-15-13-11-9-7-2/h8,10,14,16,20,22,24-25,27-28,30,32,36,38,48-49,53H,6-7,9,11-13,15,17-19,21,23,26,29,31,33-35,37,39-47H2,1-5H3,(H-,51,54,55,56)/p+1/b10-8-,16-14-,22-20-,25-24-,28-27-,32-30-,38-36-. The van der Waals surface area contributed by atoms with Crippen LogP contribution in [0.15, 0.2) is 85.1 Å². The first kappa shape index (κ1) is 56.7. The van der Waals surface area contributed by atoms with E-state index in [4.69, 9.17) is 9.05 Å². The molecule has 0 radical (unpaired) electrons. The number of amides is 1. The minimum atomic E-state index is -4.34. The van der Waals surface area contributed by atoms with Crippen molar-refractivity contribution in [2.24, 2.45) is 0 Å². The van der Waals surface area contributed by atoms with Gasteiger partial charge in [0, 0.05) is 6.42 Å². The minimum Gasteiger partial charge on any atom is -0.391 e. The van der Waals surface area contributed by atoms with Gasteiger partial charge in [0.25, 0.3) is 0 Å². The van der Waals surface area contributed by atoms with E-state index in [1.165, 1.54) is 70.6 Å². The Morgan fingerprint density at radius 1 is 0.593 bits per heavy atom. The van der Waals surface area contributed by atoms with Crippen LogP contribution in [0.4, 0.5) is 0 Å². The summed E-state index contributed by atoms with van der Waals surface area (Å²) in [6.07, 6.45) is 56.2. The second-order valence-electron chi connectivity index (χ2n) is 16.8. The highest BCUT2D eigenvalue weighted by molar-refractivity contribution is 7.47. The van der Waals surface area contributed by atoms with Crippen molar-refractivity contribution in [2.45, 2.75) is 187 Å². The van der Waals surface area contributed by atoms with Crippen LogP contribution in [0, 0.1) is 0 Å². The van der Waals surface area contributed by atoms with Crippen molar-refractivity contribution in [1.29, 1.82) is 0 Å². The van der Waals surface area contributed by atoms with Gasteiger partial charge in [0.15, 0.2) is 0 Å². The Hall–Kier alpha value is -2.32. The van der Waals surface area contributed by atoms with E-state index in [0.29, 0.717) is 30.3 Å². The van der Waals surface area contributed by atoms with Gasteiger partial charge in [0.2, 0.25) is 5.91 Å². The molecule has 340 valence electrons. The van der Waals surface area contributed by atoms with Crippen LogP contribution in [-0.2, 0) is 18.4 Å². The van der Waals surface area contributed by atoms with Crippen LogP contribution in [0.25, 0.3) is 0 Å². The summed E-state index contributed by atoms with van der Waals surface area (Å²) >= 11 is 0. The molecule has 59 heavy (non-hydrogen) atoms. The van der Waals surface area contributed by atoms with Crippen LogP contribution in [0.5, 0.6) is 0 Å². The van der Waals surface area contributed by atoms with Crippen molar-refractivity contribution in [3.63, 3.8) is 0 Å². The second kappa shape index (κ2) is 41.1. The molecule has 9 heteroatoms. The average molecular weight is 846 g/mol. The fourth-order valence-electron chi connectivity index (χ4n) is 6.21. The Bertz CT molecular complexity index is 1230. The molecule has 3 N–H and O–H groups in total. The summed E-state index contributed by atoms with van der Waals surface area (Å²) in [6, 6.07) is -0.796. The third-order valence-electron chi connectivity index (χ3n) is 9.91. The molecule has 0 aliphatic carbocycles. The number of nitrogens with one attached hydrogen (secondary N) is 1. The van der Waals surface area contributed by atoms with E-state index < -0.39 is 20.0 Å². The molecule has 3 atom stereocenters. The van der Waals surface area contributed by atoms with Crippen molar-refractivity contribution in [3.8, 4) is 0 Å². The number of phosphoric acid groups is 1. The first-order chi connectivity index (χ1) is 28.5. The number of carbonyl (C=O) groups is 1. The predicted octanol–water partition coefficient (Wildman–Crippen LogP) is 13.4. The van der Waals surface area contributed by atoms with E-state index in [1.807, 2.05) is 21.1 Å². The van der Waals surface area contributed by atoms with Crippen LogP contribution in [0.1, 0.15) is 174 Å². The van der Waals surface area contributed by atoms with Gasteiger partial charge < -0.3 is 19.8 Å². The number of carbonyl (C=O) groups excluding carboxylic acids is 1. The molecule has 0 aromatic heterocycles. The maximum Gasteiger partial charge on any atom is 0.472 e. The zero-order valence-electron chi connectivity index (χ0n) is 38.5. The van der Waals surface area contributed by atoms with Crippen molar-refractivity contribution in [2.75, 3.05) is 40.9 Å². The molecular weight excluding hydrogens is 756 g/mol. The monoisotopic (exact) mass is 846 g/mol. The molecule has 0 heterocycles. The van der Waals surface area contributed by atoms with Gasteiger partial charge in [-0.2, -0.15) is 0 Å². The summed E-state index contributed by atoms with van der Waals surface area (Å²) in [5, 5.41) is 13.9. The fraction of sp³-hybridized carbons (Fsp3) is 0.700. The molecule has 0 saturated carbocycles. The number of aliphatic hydroxyl groups excluding tert-OH is 1. The predicted molar refractivity (Wildman–Crippen MR) is 253 cm³/mol. The van der Waals surface area contributed by atoms with Crippen molar-refractivity contribution >= 4 is 13.7 Å². The van der Waals surface area contributed by atoms with Gasteiger partial charge in [-0.1, -0.05) is 189 Å². The highest BCUT2D eigenvalue weighted by Crippen LogP contribution is 2.43. The quantitative estimate of drug-likeness (QED) is 0.0245. The van der Waals surface area contributed by atoms with E-state index in [2.05, 4.69) is 104 Å². The number of likely N-dealkylation sites (N-methyl/N-ethyl adjacent to an activating group) is 1. The highest BCUT2D eigenvalue weighted by Gasteiger charge is 2.28. The third kappa shape index (κ3) is 43.6. The van der Waals surface area contributed by atoms with Gasteiger partial charge >= 0.3 is 7.82 Å². The Morgan fingerprint density at radius 2 is 1.00 bits per heavy atom. The van der Waals surface area contributed by atoms with Gasteiger partial charge in [0.1, 0.15) is 13.2 Å².